The van der Waals surface area contributed by atoms with Crippen LogP contribution in [0.15, 0.2) is 12.7 Å². The van der Waals surface area contributed by atoms with E-state index in [2.05, 4.69) is 11.9 Å². The number of anilines is 1. The second-order valence-electron chi connectivity index (χ2n) is 5.31. The molecule has 6 nitrogen and oxygen atoms in total. The summed E-state index contributed by atoms with van der Waals surface area (Å²) < 4.78 is 5.11. The molecule has 0 bridgehead atoms. The average molecular weight is 399 g/mol. The van der Waals surface area contributed by atoms with E-state index < -0.39 is 5.97 Å². The van der Waals surface area contributed by atoms with Gasteiger partial charge in [-0.15, -0.1) is 29.7 Å². The van der Waals surface area contributed by atoms with Crippen LogP contribution in [0.4, 0.5) is 5.00 Å². The van der Waals surface area contributed by atoms with Crippen LogP contribution in [0, 0.1) is 6.92 Å². The lowest BCUT2D eigenvalue weighted by molar-refractivity contribution is -0.113. The van der Waals surface area contributed by atoms with Crippen molar-refractivity contribution in [3.8, 4) is 0 Å². The Balaban J connectivity index is 3.19. The van der Waals surface area contributed by atoms with Gasteiger partial charge in [0.25, 0.3) is 5.91 Å². The molecule has 0 spiro atoms. The topological polar surface area (TPSA) is 75.7 Å². The smallest absolute Gasteiger partial charge is 0.341 e. The number of thioether (sulfide) groups is 1. The SMILES string of the molecule is C=CCSCC(=O)Nc1sc(C(=O)N(CC)CC)c(C)c1C(=O)OCC. The van der Waals surface area contributed by atoms with E-state index in [0.29, 0.717) is 34.3 Å². The number of nitrogens with zero attached hydrogens (tertiary/aromatic N) is 1. The lowest BCUT2D eigenvalue weighted by Gasteiger charge is -2.18. The molecule has 144 valence electrons. The summed E-state index contributed by atoms with van der Waals surface area (Å²) in [5, 5.41) is 3.11. The molecule has 1 N–H and O–H groups in total. The zero-order valence-electron chi connectivity index (χ0n) is 15.7. The fourth-order valence-electron chi connectivity index (χ4n) is 2.31. The number of thiophene rings is 1. The molecule has 26 heavy (non-hydrogen) atoms. The standard InChI is InChI=1S/C18H26N2O4S2/c1-6-10-25-11-13(21)19-16-14(18(23)24-9-4)12(5)15(26-16)17(22)20(7-2)8-3/h6H,1,7-11H2,2-5H3,(H,19,21). The molecule has 0 saturated heterocycles. The second kappa shape index (κ2) is 11.0. The van der Waals surface area contributed by atoms with Gasteiger partial charge in [0, 0.05) is 18.8 Å². The first-order valence-corrected chi connectivity index (χ1v) is 10.5. The summed E-state index contributed by atoms with van der Waals surface area (Å²) in [6.07, 6.45) is 1.72. The third-order valence-electron chi connectivity index (χ3n) is 3.59. The normalized spacial score (nSPS) is 10.3. The highest BCUT2D eigenvalue weighted by molar-refractivity contribution is 8.00. The van der Waals surface area contributed by atoms with E-state index in [9.17, 15) is 14.4 Å². The van der Waals surface area contributed by atoms with Gasteiger partial charge in [-0.25, -0.2) is 4.79 Å². The van der Waals surface area contributed by atoms with Crippen molar-refractivity contribution in [2.24, 2.45) is 0 Å². The second-order valence-corrected chi connectivity index (χ2v) is 7.36. The van der Waals surface area contributed by atoms with Crippen molar-refractivity contribution in [1.29, 1.82) is 0 Å². The molecule has 0 aliphatic heterocycles. The van der Waals surface area contributed by atoms with Gasteiger partial charge in [-0.1, -0.05) is 6.08 Å². The molecular weight excluding hydrogens is 372 g/mol. The largest absolute Gasteiger partial charge is 0.462 e. The van der Waals surface area contributed by atoms with Crippen molar-refractivity contribution in [3.63, 3.8) is 0 Å². The van der Waals surface area contributed by atoms with Crippen LogP contribution in [-0.4, -0.2) is 53.9 Å². The van der Waals surface area contributed by atoms with Gasteiger partial charge in [0.05, 0.1) is 22.8 Å². The quantitative estimate of drug-likeness (QED) is 0.370. The predicted molar refractivity (Wildman–Crippen MR) is 108 cm³/mol. The van der Waals surface area contributed by atoms with E-state index in [4.69, 9.17) is 4.74 Å². The molecule has 2 amide bonds. The summed E-state index contributed by atoms with van der Waals surface area (Å²) in [5.41, 5.74) is 0.800. The van der Waals surface area contributed by atoms with Crippen LogP contribution in [0.2, 0.25) is 0 Å². The summed E-state index contributed by atoms with van der Waals surface area (Å²) in [7, 11) is 0. The molecule has 0 aliphatic rings. The molecule has 0 unspecified atom stereocenters. The van der Waals surface area contributed by atoms with Crippen LogP contribution in [0.1, 0.15) is 46.4 Å². The zero-order valence-corrected chi connectivity index (χ0v) is 17.3. The number of hydrogen-bond acceptors (Lipinski definition) is 6. The predicted octanol–water partition coefficient (Wildman–Crippen LogP) is 3.57. The van der Waals surface area contributed by atoms with Crippen LogP contribution < -0.4 is 5.32 Å². The Morgan fingerprint density at radius 1 is 1.27 bits per heavy atom. The van der Waals surface area contributed by atoms with Crippen LogP contribution >= 0.6 is 23.1 Å². The number of rotatable bonds is 10. The van der Waals surface area contributed by atoms with Crippen molar-refractivity contribution >= 4 is 45.9 Å². The van der Waals surface area contributed by atoms with Gasteiger partial charge in [-0.05, 0) is 33.3 Å². The monoisotopic (exact) mass is 398 g/mol. The summed E-state index contributed by atoms with van der Waals surface area (Å²) in [5.74, 6) is -0.0123. The molecule has 1 aromatic heterocycles. The first-order chi connectivity index (χ1) is 12.4. The average Bonchev–Trinajstić information content (AvgIpc) is 2.92. The van der Waals surface area contributed by atoms with Gasteiger partial charge >= 0.3 is 5.97 Å². The molecule has 0 fully saturated rings. The maximum Gasteiger partial charge on any atom is 0.341 e. The van der Waals surface area contributed by atoms with E-state index in [0.717, 1.165) is 11.3 Å². The highest BCUT2D eigenvalue weighted by Crippen LogP contribution is 2.34. The van der Waals surface area contributed by atoms with Crippen LogP contribution in [0.25, 0.3) is 0 Å². The lowest BCUT2D eigenvalue weighted by atomic mass is 10.1. The summed E-state index contributed by atoms with van der Waals surface area (Å²) in [6.45, 7) is 12.2. The number of ether oxygens (including phenoxy) is 1. The highest BCUT2D eigenvalue weighted by Gasteiger charge is 2.28. The third-order valence-corrected chi connectivity index (χ3v) is 5.73. The van der Waals surface area contributed by atoms with Crippen LogP contribution in [0.5, 0.6) is 0 Å². The Morgan fingerprint density at radius 2 is 1.92 bits per heavy atom. The molecule has 0 aliphatic carbocycles. The molecule has 0 aromatic carbocycles. The summed E-state index contributed by atoms with van der Waals surface area (Å²) in [4.78, 5) is 39.4. The summed E-state index contributed by atoms with van der Waals surface area (Å²) >= 11 is 2.54. The van der Waals surface area contributed by atoms with Gasteiger partial charge in [0.2, 0.25) is 5.91 Å². The number of nitrogens with one attached hydrogen (secondary N) is 1. The molecule has 0 radical (unpaired) electrons. The number of carbonyl (C=O) groups is 3. The van der Waals surface area contributed by atoms with E-state index >= 15 is 0 Å². The highest BCUT2D eigenvalue weighted by atomic mass is 32.2. The molecule has 1 aromatic rings. The van der Waals surface area contributed by atoms with E-state index in [-0.39, 0.29) is 29.7 Å². The van der Waals surface area contributed by atoms with Crippen molar-refractivity contribution in [2.45, 2.75) is 27.7 Å². The Hall–Kier alpha value is -1.80. The van der Waals surface area contributed by atoms with Crippen molar-refractivity contribution < 1.29 is 19.1 Å². The lowest BCUT2D eigenvalue weighted by Crippen LogP contribution is -2.30. The fraction of sp³-hybridized carbons (Fsp3) is 0.500. The molecule has 1 rings (SSSR count). The molecular formula is C18H26N2O4S2. The first kappa shape index (κ1) is 22.2. The molecule has 0 atom stereocenters. The van der Waals surface area contributed by atoms with Gasteiger partial charge in [-0.3, -0.25) is 9.59 Å². The maximum atomic E-state index is 12.7. The van der Waals surface area contributed by atoms with E-state index in [1.165, 1.54) is 11.8 Å². The van der Waals surface area contributed by atoms with Crippen molar-refractivity contribution in [3.05, 3.63) is 28.7 Å². The Labute approximate surface area is 163 Å². The zero-order chi connectivity index (χ0) is 19.7. The number of esters is 1. The van der Waals surface area contributed by atoms with Gasteiger partial charge in [0.1, 0.15) is 5.00 Å². The minimum absolute atomic E-state index is 0.149. The van der Waals surface area contributed by atoms with Gasteiger partial charge < -0.3 is 15.0 Å². The Bertz CT molecular complexity index is 666. The minimum Gasteiger partial charge on any atom is -0.462 e. The summed E-state index contributed by atoms with van der Waals surface area (Å²) in [6, 6.07) is 0. The van der Waals surface area contributed by atoms with Gasteiger partial charge in [-0.2, -0.15) is 0 Å². The van der Waals surface area contributed by atoms with E-state index in [1.807, 2.05) is 13.8 Å². The van der Waals surface area contributed by atoms with Crippen LogP contribution in [-0.2, 0) is 9.53 Å². The molecule has 0 saturated carbocycles. The number of carbonyl (C=O) groups excluding carboxylic acids is 3. The fourth-order valence-corrected chi connectivity index (χ4v) is 4.03. The number of amides is 2. The maximum absolute atomic E-state index is 12.7. The minimum atomic E-state index is -0.533. The third kappa shape index (κ3) is 5.60. The first-order valence-electron chi connectivity index (χ1n) is 8.49. The van der Waals surface area contributed by atoms with E-state index in [1.54, 1.807) is 24.8 Å². The van der Waals surface area contributed by atoms with Crippen molar-refractivity contribution in [1.82, 2.24) is 4.90 Å². The van der Waals surface area contributed by atoms with Crippen molar-refractivity contribution in [2.75, 3.05) is 36.5 Å². The molecule has 8 heteroatoms. The molecule has 1 heterocycles. The number of hydrogen-bond donors (Lipinski definition) is 1. The van der Waals surface area contributed by atoms with Crippen LogP contribution in [0.3, 0.4) is 0 Å². The Morgan fingerprint density at radius 3 is 2.46 bits per heavy atom. The van der Waals surface area contributed by atoms with Gasteiger partial charge in [0.15, 0.2) is 0 Å². The Kier molecular flexibility index (Phi) is 9.43.